The van der Waals surface area contributed by atoms with Crippen molar-refractivity contribution in [1.82, 2.24) is 10.2 Å². The van der Waals surface area contributed by atoms with Gasteiger partial charge in [-0.15, -0.1) is 0 Å². The van der Waals surface area contributed by atoms with Crippen LogP contribution in [0.2, 0.25) is 10.0 Å². The lowest BCUT2D eigenvalue weighted by Gasteiger charge is -2.38. The number of piperazine rings is 1. The number of carboxylic acid groups (broad SMARTS) is 1. The number of hydrogen-bond acceptors (Lipinski definition) is 3. The van der Waals surface area contributed by atoms with Crippen molar-refractivity contribution < 1.29 is 9.90 Å². The van der Waals surface area contributed by atoms with Gasteiger partial charge in [0.1, 0.15) is 6.04 Å². The molecule has 1 aliphatic heterocycles. The fraction of sp³-hybridized carbons (Fsp3) is 0.462. The average molecular weight is 303 g/mol. The molecule has 2 atom stereocenters. The highest BCUT2D eigenvalue weighted by Gasteiger charge is 2.32. The number of nitrogens with zero attached hydrogens (tertiary/aromatic N) is 1. The molecule has 1 aliphatic rings. The van der Waals surface area contributed by atoms with Gasteiger partial charge in [-0.25, -0.2) is 0 Å². The zero-order chi connectivity index (χ0) is 14.0. The Kier molecular flexibility index (Phi) is 4.68. The van der Waals surface area contributed by atoms with Gasteiger partial charge in [-0.05, 0) is 24.6 Å². The molecular formula is C13H16Cl2N2O2. The Hall–Kier alpha value is -0.810. The molecule has 0 amide bonds. The fourth-order valence-corrected chi connectivity index (χ4v) is 2.68. The summed E-state index contributed by atoms with van der Waals surface area (Å²) in [6.45, 7) is 3.93. The summed E-state index contributed by atoms with van der Waals surface area (Å²) in [5.74, 6) is -0.806. The predicted octanol–water partition coefficient (Wildman–Crippen LogP) is 2.41. The smallest absolute Gasteiger partial charge is 0.322 e. The van der Waals surface area contributed by atoms with E-state index in [-0.39, 0.29) is 6.04 Å². The maximum absolute atomic E-state index is 11.3. The van der Waals surface area contributed by atoms with Gasteiger partial charge in [0.15, 0.2) is 0 Å². The van der Waals surface area contributed by atoms with Crippen LogP contribution in [0.3, 0.4) is 0 Å². The second-order valence-corrected chi connectivity index (χ2v) is 5.46. The van der Waals surface area contributed by atoms with E-state index < -0.39 is 12.0 Å². The van der Waals surface area contributed by atoms with Crippen LogP contribution in [0.25, 0.3) is 0 Å². The molecule has 19 heavy (non-hydrogen) atoms. The summed E-state index contributed by atoms with van der Waals surface area (Å²) in [5.41, 5.74) is 0.975. The largest absolute Gasteiger partial charge is 0.480 e. The molecule has 2 N–H and O–H groups in total. The molecule has 4 nitrogen and oxygen atoms in total. The van der Waals surface area contributed by atoms with E-state index in [4.69, 9.17) is 23.2 Å². The summed E-state index contributed by atoms with van der Waals surface area (Å²) in [7, 11) is 0. The number of carboxylic acids is 1. The first-order valence-corrected chi connectivity index (χ1v) is 6.90. The van der Waals surface area contributed by atoms with Crippen LogP contribution in [0.5, 0.6) is 0 Å². The predicted molar refractivity (Wildman–Crippen MR) is 75.9 cm³/mol. The minimum Gasteiger partial charge on any atom is -0.480 e. The third kappa shape index (κ3) is 3.20. The Morgan fingerprint density at radius 2 is 2.21 bits per heavy atom. The first-order valence-electron chi connectivity index (χ1n) is 6.15. The number of halogens is 2. The summed E-state index contributed by atoms with van der Waals surface area (Å²) in [6, 6.07) is 4.90. The summed E-state index contributed by atoms with van der Waals surface area (Å²) in [4.78, 5) is 13.3. The van der Waals surface area contributed by atoms with Crippen LogP contribution in [0.4, 0.5) is 0 Å². The molecule has 0 radical (unpaired) electrons. The van der Waals surface area contributed by atoms with Gasteiger partial charge in [-0.3, -0.25) is 9.69 Å². The number of carbonyl (C=O) groups is 1. The lowest BCUT2D eigenvalue weighted by atomic mass is 10.0. The molecule has 2 rings (SSSR count). The van der Waals surface area contributed by atoms with Crippen molar-refractivity contribution in [3.8, 4) is 0 Å². The number of nitrogens with one attached hydrogen (secondary N) is 1. The molecule has 2 unspecified atom stereocenters. The van der Waals surface area contributed by atoms with Crippen molar-refractivity contribution in [1.29, 1.82) is 0 Å². The van der Waals surface area contributed by atoms with E-state index in [0.29, 0.717) is 23.1 Å². The lowest BCUT2D eigenvalue weighted by molar-refractivity contribution is -0.145. The molecule has 1 fully saturated rings. The SMILES string of the molecule is CC(c1ccc(Cl)c(Cl)c1)N1CCNCC1C(=O)O. The third-order valence-electron chi connectivity index (χ3n) is 3.49. The summed E-state index contributed by atoms with van der Waals surface area (Å²) in [6.07, 6.45) is 0. The highest BCUT2D eigenvalue weighted by atomic mass is 35.5. The highest BCUT2D eigenvalue weighted by molar-refractivity contribution is 6.42. The molecule has 0 aromatic heterocycles. The lowest BCUT2D eigenvalue weighted by Crippen LogP contribution is -2.55. The molecule has 0 saturated carbocycles. The van der Waals surface area contributed by atoms with Crippen molar-refractivity contribution in [3.05, 3.63) is 33.8 Å². The normalized spacial score (nSPS) is 22.2. The van der Waals surface area contributed by atoms with Crippen molar-refractivity contribution >= 4 is 29.2 Å². The standard InChI is InChI=1S/C13H16Cl2N2O2/c1-8(9-2-3-10(14)11(15)6-9)17-5-4-16-7-12(17)13(18)19/h2-3,6,8,12,16H,4-5,7H2,1H3,(H,18,19). The van der Waals surface area contributed by atoms with Gasteiger partial charge in [-0.2, -0.15) is 0 Å². The van der Waals surface area contributed by atoms with Crippen LogP contribution in [-0.2, 0) is 4.79 Å². The molecular weight excluding hydrogens is 287 g/mol. The quantitative estimate of drug-likeness (QED) is 0.900. The number of hydrogen-bond donors (Lipinski definition) is 2. The van der Waals surface area contributed by atoms with Gasteiger partial charge in [0, 0.05) is 25.7 Å². The highest BCUT2D eigenvalue weighted by Crippen LogP contribution is 2.29. The topological polar surface area (TPSA) is 52.6 Å². The van der Waals surface area contributed by atoms with Gasteiger partial charge < -0.3 is 10.4 Å². The van der Waals surface area contributed by atoms with Crippen LogP contribution in [-0.4, -0.2) is 41.7 Å². The Balaban J connectivity index is 2.23. The van der Waals surface area contributed by atoms with Crippen LogP contribution in [0, 0.1) is 0 Å². The summed E-state index contributed by atoms with van der Waals surface area (Å²) in [5, 5.41) is 13.4. The second kappa shape index (κ2) is 6.09. The van der Waals surface area contributed by atoms with E-state index in [1.54, 1.807) is 12.1 Å². The molecule has 1 saturated heterocycles. The molecule has 6 heteroatoms. The summed E-state index contributed by atoms with van der Waals surface area (Å²) >= 11 is 11.9. The molecule has 104 valence electrons. The van der Waals surface area contributed by atoms with Crippen molar-refractivity contribution in [3.63, 3.8) is 0 Å². The van der Waals surface area contributed by atoms with Gasteiger partial charge in [-0.1, -0.05) is 29.3 Å². The Labute approximate surface area is 122 Å². The Bertz CT molecular complexity index is 482. The number of aliphatic carboxylic acids is 1. The maximum Gasteiger partial charge on any atom is 0.322 e. The number of benzene rings is 1. The van der Waals surface area contributed by atoms with E-state index in [1.807, 2.05) is 17.9 Å². The van der Waals surface area contributed by atoms with Crippen LogP contribution < -0.4 is 5.32 Å². The minimum atomic E-state index is -0.806. The first-order chi connectivity index (χ1) is 9.00. The minimum absolute atomic E-state index is 0.0158. The van der Waals surface area contributed by atoms with Gasteiger partial charge in [0.2, 0.25) is 0 Å². The molecule has 1 heterocycles. The zero-order valence-electron chi connectivity index (χ0n) is 10.6. The van der Waals surface area contributed by atoms with Gasteiger partial charge in [0.05, 0.1) is 10.0 Å². The van der Waals surface area contributed by atoms with E-state index >= 15 is 0 Å². The zero-order valence-corrected chi connectivity index (χ0v) is 12.1. The molecule has 1 aromatic rings. The van der Waals surface area contributed by atoms with Crippen LogP contribution in [0.1, 0.15) is 18.5 Å². The van der Waals surface area contributed by atoms with Crippen LogP contribution >= 0.6 is 23.2 Å². The fourth-order valence-electron chi connectivity index (χ4n) is 2.38. The van der Waals surface area contributed by atoms with Crippen molar-refractivity contribution in [2.45, 2.75) is 19.0 Å². The molecule has 0 bridgehead atoms. The van der Waals surface area contributed by atoms with Gasteiger partial charge >= 0.3 is 5.97 Å². The maximum atomic E-state index is 11.3. The third-order valence-corrected chi connectivity index (χ3v) is 4.23. The van der Waals surface area contributed by atoms with E-state index in [0.717, 1.165) is 12.1 Å². The number of rotatable bonds is 3. The van der Waals surface area contributed by atoms with Gasteiger partial charge in [0.25, 0.3) is 0 Å². The Morgan fingerprint density at radius 1 is 1.47 bits per heavy atom. The molecule has 0 spiro atoms. The van der Waals surface area contributed by atoms with Crippen molar-refractivity contribution in [2.75, 3.05) is 19.6 Å². The van der Waals surface area contributed by atoms with Crippen molar-refractivity contribution in [2.24, 2.45) is 0 Å². The molecule has 1 aromatic carbocycles. The Morgan fingerprint density at radius 3 is 2.84 bits per heavy atom. The van der Waals surface area contributed by atoms with Crippen LogP contribution in [0.15, 0.2) is 18.2 Å². The monoisotopic (exact) mass is 302 g/mol. The van der Waals surface area contributed by atoms with E-state index in [1.165, 1.54) is 0 Å². The summed E-state index contributed by atoms with van der Waals surface area (Å²) < 4.78 is 0. The average Bonchev–Trinajstić information content (AvgIpc) is 2.41. The molecule has 0 aliphatic carbocycles. The second-order valence-electron chi connectivity index (χ2n) is 4.65. The van der Waals surface area contributed by atoms with E-state index in [2.05, 4.69) is 5.32 Å². The first kappa shape index (κ1) is 14.6. The van der Waals surface area contributed by atoms with E-state index in [9.17, 15) is 9.90 Å².